The van der Waals surface area contributed by atoms with Gasteiger partial charge in [-0.1, -0.05) is 24.3 Å². The quantitative estimate of drug-likeness (QED) is 0.879. The van der Waals surface area contributed by atoms with Crippen molar-refractivity contribution in [3.63, 3.8) is 0 Å². The molecule has 1 amide bonds. The molecule has 0 aromatic heterocycles. The lowest BCUT2D eigenvalue weighted by Gasteiger charge is -2.10. The second kappa shape index (κ2) is 6.43. The van der Waals surface area contributed by atoms with Crippen molar-refractivity contribution in [3.8, 4) is 0 Å². The van der Waals surface area contributed by atoms with Crippen molar-refractivity contribution < 1.29 is 22.8 Å². The second-order valence-corrected chi connectivity index (χ2v) is 4.62. The minimum atomic E-state index is -4.42. The van der Waals surface area contributed by atoms with Crippen molar-refractivity contribution in [2.75, 3.05) is 0 Å². The van der Waals surface area contributed by atoms with Gasteiger partial charge in [0.15, 0.2) is 0 Å². The smallest absolute Gasteiger partial charge is 0.348 e. The zero-order valence-corrected chi connectivity index (χ0v) is 11.4. The molecule has 2 rings (SSSR count). The van der Waals surface area contributed by atoms with Gasteiger partial charge in [-0.15, -0.1) is 0 Å². The summed E-state index contributed by atoms with van der Waals surface area (Å²) in [4.78, 5) is 22.6. The van der Waals surface area contributed by atoms with Crippen LogP contribution in [0.4, 0.5) is 13.2 Å². The first-order chi connectivity index (χ1) is 10.4. The fraction of sp³-hybridized carbons (Fsp3) is 0.125. The monoisotopic (exact) mass is 307 g/mol. The first-order valence-electron chi connectivity index (χ1n) is 6.40. The van der Waals surface area contributed by atoms with Gasteiger partial charge in [0.2, 0.25) is 0 Å². The van der Waals surface area contributed by atoms with Gasteiger partial charge in [0.1, 0.15) is 6.29 Å². The van der Waals surface area contributed by atoms with E-state index in [1.54, 1.807) is 12.1 Å². The minimum Gasteiger partial charge on any atom is -0.348 e. The van der Waals surface area contributed by atoms with E-state index >= 15 is 0 Å². The molecule has 0 aliphatic rings. The zero-order valence-electron chi connectivity index (χ0n) is 11.4. The first-order valence-corrected chi connectivity index (χ1v) is 6.40. The molecule has 22 heavy (non-hydrogen) atoms. The highest BCUT2D eigenvalue weighted by molar-refractivity contribution is 5.95. The summed E-state index contributed by atoms with van der Waals surface area (Å²) >= 11 is 0. The van der Waals surface area contributed by atoms with Crippen molar-refractivity contribution in [2.45, 2.75) is 12.7 Å². The molecular formula is C16H12F3NO2. The second-order valence-electron chi connectivity index (χ2n) is 4.62. The van der Waals surface area contributed by atoms with Gasteiger partial charge in [0.25, 0.3) is 5.91 Å². The van der Waals surface area contributed by atoms with E-state index in [1.807, 2.05) is 0 Å². The zero-order chi connectivity index (χ0) is 16.2. The summed E-state index contributed by atoms with van der Waals surface area (Å²) in [7, 11) is 0. The fourth-order valence-electron chi connectivity index (χ4n) is 1.90. The summed E-state index contributed by atoms with van der Waals surface area (Å²) in [6.45, 7) is -0.0337. The number of halogens is 3. The summed E-state index contributed by atoms with van der Waals surface area (Å²) in [5.41, 5.74) is 0.209. The van der Waals surface area contributed by atoms with Crippen molar-refractivity contribution >= 4 is 12.2 Å². The van der Waals surface area contributed by atoms with E-state index in [4.69, 9.17) is 0 Å². The van der Waals surface area contributed by atoms with Crippen LogP contribution in [0.1, 0.15) is 31.8 Å². The molecular weight excluding hydrogens is 295 g/mol. The third-order valence-electron chi connectivity index (χ3n) is 2.99. The summed E-state index contributed by atoms with van der Waals surface area (Å²) in [6, 6.07) is 10.8. The maximum Gasteiger partial charge on any atom is 0.416 e. The summed E-state index contributed by atoms with van der Waals surface area (Å²) in [6.07, 6.45) is -3.80. The standard InChI is InChI=1S/C16H12F3NO2/c17-16(18,19)14-6-2-3-11(8-14)9-20-15(22)13-5-1-4-12(7-13)10-21/h1-8,10H,9H2,(H,20,22). The van der Waals surface area contributed by atoms with Gasteiger partial charge in [-0.05, 0) is 29.8 Å². The third kappa shape index (κ3) is 3.94. The highest BCUT2D eigenvalue weighted by Crippen LogP contribution is 2.29. The maximum atomic E-state index is 12.6. The molecule has 6 heteroatoms. The number of carbonyl (C=O) groups is 2. The fourth-order valence-corrected chi connectivity index (χ4v) is 1.90. The average molecular weight is 307 g/mol. The van der Waals surface area contributed by atoms with Crippen LogP contribution < -0.4 is 5.32 Å². The van der Waals surface area contributed by atoms with Crippen LogP contribution in [0, 0.1) is 0 Å². The van der Waals surface area contributed by atoms with Gasteiger partial charge in [0, 0.05) is 17.7 Å². The Labute approximate surface area is 124 Å². The Balaban J connectivity index is 2.06. The lowest BCUT2D eigenvalue weighted by Crippen LogP contribution is -2.23. The number of hydrogen-bond acceptors (Lipinski definition) is 2. The Morgan fingerprint density at radius 2 is 1.82 bits per heavy atom. The molecule has 0 radical (unpaired) electrons. The van der Waals surface area contributed by atoms with Crippen LogP contribution in [0.2, 0.25) is 0 Å². The predicted molar refractivity (Wildman–Crippen MR) is 74.4 cm³/mol. The highest BCUT2D eigenvalue weighted by Gasteiger charge is 2.30. The van der Waals surface area contributed by atoms with Gasteiger partial charge >= 0.3 is 6.18 Å². The SMILES string of the molecule is O=Cc1cccc(C(=O)NCc2cccc(C(F)(F)F)c2)c1. The minimum absolute atomic E-state index is 0.0337. The molecule has 0 bridgehead atoms. The molecule has 0 saturated heterocycles. The molecule has 0 spiro atoms. The number of nitrogens with one attached hydrogen (secondary N) is 1. The van der Waals surface area contributed by atoms with Crippen LogP contribution in [0.3, 0.4) is 0 Å². The highest BCUT2D eigenvalue weighted by atomic mass is 19.4. The largest absolute Gasteiger partial charge is 0.416 e. The molecule has 0 unspecified atom stereocenters. The topological polar surface area (TPSA) is 46.2 Å². The molecule has 0 fully saturated rings. The number of amides is 1. The van der Waals surface area contributed by atoms with Crippen molar-refractivity contribution in [1.82, 2.24) is 5.32 Å². The molecule has 0 aliphatic carbocycles. The molecule has 2 aromatic carbocycles. The Morgan fingerprint density at radius 3 is 2.50 bits per heavy atom. The van der Waals surface area contributed by atoms with Gasteiger partial charge in [-0.25, -0.2) is 0 Å². The number of carbonyl (C=O) groups excluding carboxylic acids is 2. The van der Waals surface area contributed by atoms with Crippen LogP contribution in [0.5, 0.6) is 0 Å². The molecule has 2 aromatic rings. The summed E-state index contributed by atoms with van der Waals surface area (Å²) in [5, 5.41) is 2.52. The Kier molecular flexibility index (Phi) is 4.60. The van der Waals surface area contributed by atoms with Gasteiger partial charge in [-0.3, -0.25) is 9.59 Å². The van der Waals surface area contributed by atoms with Crippen LogP contribution >= 0.6 is 0 Å². The predicted octanol–water partition coefficient (Wildman–Crippen LogP) is 3.45. The lowest BCUT2D eigenvalue weighted by molar-refractivity contribution is -0.137. The Morgan fingerprint density at radius 1 is 1.09 bits per heavy atom. The van der Waals surface area contributed by atoms with Crippen LogP contribution in [-0.2, 0) is 12.7 Å². The molecule has 0 saturated carbocycles. The molecule has 0 heterocycles. The van der Waals surface area contributed by atoms with E-state index in [2.05, 4.69) is 5.32 Å². The molecule has 114 valence electrons. The van der Waals surface area contributed by atoms with Gasteiger partial charge < -0.3 is 5.32 Å². The van der Waals surface area contributed by atoms with Crippen molar-refractivity contribution in [1.29, 1.82) is 0 Å². The maximum absolute atomic E-state index is 12.6. The average Bonchev–Trinajstić information content (AvgIpc) is 2.52. The van der Waals surface area contributed by atoms with Gasteiger partial charge in [-0.2, -0.15) is 13.2 Å². The van der Waals surface area contributed by atoms with Crippen LogP contribution in [-0.4, -0.2) is 12.2 Å². The Bertz CT molecular complexity index is 696. The number of benzene rings is 2. The summed E-state index contributed by atoms with van der Waals surface area (Å²) in [5.74, 6) is -0.457. The lowest BCUT2D eigenvalue weighted by atomic mass is 10.1. The molecule has 0 aliphatic heterocycles. The molecule has 0 atom stereocenters. The normalized spacial score (nSPS) is 11.0. The van der Waals surface area contributed by atoms with E-state index in [0.717, 1.165) is 12.1 Å². The number of rotatable bonds is 4. The molecule has 1 N–H and O–H groups in total. The van der Waals surface area contributed by atoms with E-state index in [-0.39, 0.29) is 12.1 Å². The van der Waals surface area contributed by atoms with Crippen molar-refractivity contribution in [2.24, 2.45) is 0 Å². The number of alkyl halides is 3. The van der Waals surface area contributed by atoms with E-state index in [1.165, 1.54) is 24.3 Å². The van der Waals surface area contributed by atoms with E-state index in [0.29, 0.717) is 17.4 Å². The summed E-state index contributed by atoms with van der Waals surface area (Å²) < 4.78 is 37.8. The number of hydrogen-bond donors (Lipinski definition) is 1. The third-order valence-corrected chi connectivity index (χ3v) is 2.99. The number of aldehydes is 1. The molecule has 3 nitrogen and oxygen atoms in total. The van der Waals surface area contributed by atoms with E-state index in [9.17, 15) is 22.8 Å². The Hall–Kier alpha value is -2.63. The van der Waals surface area contributed by atoms with Crippen LogP contribution in [0.25, 0.3) is 0 Å². The van der Waals surface area contributed by atoms with Crippen LogP contribution in [0.15, 0.2) is 48.5 Å². The van der Waals surface area contributed by atoms with Crippen molar-refractivity contribution in [3.05, 3.63) is 70.8 Å². The van der Waals surface area contributed by atoms with Gasteiger partial charge in [0.05, 0.1) is 5.56 Å². The van der Waals surface area contributed by atoms with E-state index < -0.39 is 17.6 Å². The first kappa shape index (κ1) is 15.8.